The van der Waals surface area contributed by atoms with Gasteiger partial charge in [0.15, 0.2) is 0 Å². The summed E-state index contributed by atoms with van der Waals surface area (Å²) in [6, 6.07) is 11.3. The van der Waals surface area contributed by atoms with Crippen LogP contribution >= 0.6 is 11.6 Å². The van der Waals surface area contributed by atoms with E-state index in [-0.39, 0.29) is 35.0 Å². The maximum Gasteiger partial charge on any atom is 0.253 e. The van der Waals surface area contributed by atoms with Crippen molar-refractivity contribution in [3.8, 4) is 11.8 Å². The van der Waals surface area contributed by atoms with Gasteiger partial charge in [-0.25, -0.2) is 4.98 Å². The lowest BCUT2D eigenvalue weighted by molar-refractivity contribution is -0.164. The molecule has 202 valence electrons. The number of nitriles is 1. The monoisotopic (exact) mass is 537 g/mol. The molecule has 8 nitrogen and oxygen atoms in total. The van der Waals surface area contributed by atoms with Crippen LogP contribution in [0.5, 0.6) is 5.75 Å². The molecule has 2 aliphatic carbocycles. The first-order valence-electron chi connectivity index (χ1n) is 13.3. The van der Waals surface area contributed by atoms with E-state index in [0.29, 0.717) is 27.9 Å². The molecule has 0 radical (unpaired) electrons. The van der Waals surface area contributed by atoms with Gasteiger partial charge in [0.2, 0.25) is 0 Å². The van der Waals surface area contributed by atoms with Gasteiger partial charge in [-0.3, -0.25) is 9.69 Å². The maximum absolute atomic E-state index is 13.2. The highest BCUT2D eigenvalue weighted by Crippen LogP contribution is 2.55. The largest absolute Gasteiger partial charge is 0.489 e. The second kappa shape index (κ2) is 10.0. The zero-order valence-corrected chi connectivity index (χ0v) is 23.2. The molecule has 0 unspecified atom stereocenters. The summed E-state index contributed by atoms with van der Waals surface area (Å²) >= 11 is 6.20. The van der Waals surface area contributed by atoms with E-state index in [2.05, 4.69) is 53.9 Å². The van der Waals surface area contributed by atoms with Gasteiger partial charge >= 0.3 is 0 Å². The van der Waals surface area contributed by atoms with Gasteiger partial charge in [-0.1, -0.05) is 39.3 Å². The fraction of sp³-hybridized carbons (Fsp3) is 0.552. The van der Waals surface area contributed by atoms with Crippen molar-refractivity contribution < 1.29 is 14.6 Å². The smallest absolute Gasteiger partial charge is 0.253 e. The van der Waals surface area contributed by atoms with Crippen LogP contribution in [-0.2, 0) is 0 Å². The summed E-state index contributed by atoms with van der Waals surface area (Å²) in [5.41, 5.74) is 0.282. The maximum atomic E-state index is 13.2. The number of ether oxygens (including phenoxy) is 1. The molecule has 2 saturated carbocycles. The van der Waals surface area contributed by atoms with Gasteiger partial charge in [0, 0.05) is 61.4 Å². The minimum absolute atomic E-state index is 0.112. The zero-order valence-electron chi connectivity index (χ0n) is 22.4. The molecule has 3 aliphatic rings. The van der Waals surface area contributed by atoms with E-state index in [4.69, 9.17) is 21.6 Å². The number of pyridine rings is 1. The second-order valence-electron chi connectivity index (χ2n) is 12.0. The van der Waals surface area contributed by atoms with Crippen molar-refractivity contribution in [2.24, 2.45) is 10.8 Å². The molecule has 1 amide bonds. The van der Waals surface area contributed by atoms with E-state index >= 15 is 0 Å². The van der Waals surface area contributed by atoms with Crippen molar-refractivity contribution in [2.45, 2.75) is 64.8 Å². The van der Waals surface area contributed by atoms with Gasteiger partial charge < -0.3 is 20.1 Å². The molecule has 38 heavy (non-hydrogen) atoms. The molecule has 2 N–H and O–H groups in total. The fourth-order valence-electron chi connectivity index (χ4n) is 6.69. The molecule has 1 saturated heterocycles. The molecule has 0 bridgehead atoms. The van der Waals surface area contributed by atoms with Crippen LogP contribution in [0.4, 0.5) is 5.82 Å². The number of carbonyl (C=O) groups excluding carboxylic acids is 1. The predicted octanol–water partition coefficient (Wildman–Crippen LogP) is 3.86. The summed E-state index contributed by atoms with van der Waals surface area (Å²) in [4.78, 5) is 22.5. The lowest BCUT2D eigenvalue weighted by atomic mass is 9.49. The van der Waals surface area contributed by atoms with Crippen LogP contribution in [0.25, 0.3) is 0 Å². The Balaban J connectivity index is 1.18. The third-order valence-electron chi connectivity index (χ3n) is 8.68. The number of nitrogens with zero attached hydrogens (tertiary/aromatic N) is 4. The van der Waals surface area contributed by atoms with E-state index < -0.39 is 0 Å². The Hall–Kier alpha value is -2.86. The molecule has 1 aromatic heterocycles. The molecule has 1 aliphatic heterocycles. The van der Waals surface area contributed by atoms with E-state index in [0.717, 1.165) is 44.8 Å². The van der Waals surface area contributed by atoms with E-state index in [1.165, 1.54) is 0 Å². The topological polar surface area (TPSA) is 102 Å². The minimum Gasteiger partial charge on any atom is -0.489 e. The van der Waals surface area contributed by atoms with Crippen LogP contribution in [0, 0.1) is 22.2 Å². The van der Waals surface area contributed by atoms with Crippen molar-refractivity contribution in [1.29, 1.82) is 5.26 Å². The number of carbonyl (C=O) groups is 1. The van der Waals surface area contributed by atoms with Crippen molar-refractivity contribution in [3.63, 3.8) is 0 Å². The average molecular weight is 538 g/mol. The Kier molecular flexibility index (Phi) is 7.06. The summed E-state index contributed by atoms with van der Waals surface area (Å²) in [5, 5.41) is 22.3. The first-order chi connectivity index (χ1) is 18.0. The predicted molar refractivity (Wildman–Crippen MR) is 146 cm³/mol. The molecular weight excluding hydrogens is 502 g/mol. The van der Waals surface area contributed by atoms with E-state index in [1.807, 2.05) is 12.1 Å². The lowest BCUT2D eigenvalue weighted by Crippen LogP contribution is -2.74. The molecule has 9 heteroatoms. The van der Waals surface area contributed by atoms with Crippen LogP contribution in [0.3, 0.4) is 0 Å². The summed E-state index contributed by atoms with van der Waals surface area (Å²) < 4.78 is 6.32. The van der Waals surface area contributed by atoms with Gasteiger partial charge in [0.05, 0.1) is 22.3 Å². The summed E-state index contributed by atoms with van der Waals surface area (Å²) in [7, 11) is 0. The Bertz CT molecular complexity index is 1210. The third-order valence-corrected chi connectivity index (χ3v) is 9.00. The molecule has 0 spiro atoms. The number of halogens is 1. The number of aromatic nitrogens is 1. The lowest BCUT2D eigenvalue weighted by Gasteiger charge is -2.63. The van der Waals surface area contributed by atoms with Gasteiger partial charge in [-0.2, -0.15) is 5.26 Å². The zero-order chi connectivity index (χ0) is 27.2. The quantitative estimate of drug-likeness (QED) is 0.577. The SMILES string of the molecule is CC1(C)[C@H](NC(=O)c2ccc(N3CCN(C4CC(O)C4)CC3)nc2)C(C)(C)[C@H]1Oc1ccc(C#N)c(Cl)c1. The average Bonchev–Trinajstić information content (AvgIpc) is 2.88. The van der Waals surface area contributed by atoms with Crippen LogP contribution in [0.2, 0.25) is 5.02 Å². The Morgan fingerprint density at radius 3 is 2.37 bits per heavy atom. The van der Waals surface area contributed by atoms with Gasteiger partial charge in [-0.05, 0) is 37.1 Å². The highest BCUT2D eigenvalue weighted by Gasteiger charge is 2.64. The van der Waals surface area contributed by atoms with Crippen LogP contribution in [0.15, 0.2) is 36.5 Å². The number of aliphatic hydroxyl groups excluding tert-OH is 1. The van der Waals surface area contributed by atoms with Crippen molar-refractivity contribution in [2.75, 3.05) is 31.1 Å². The van der Waals surface area contributed by atoms with E-state index in [9.17, 15) is 9.90 Å². The Morgan fingerprint density at radius 1 is 1.13 bits per heavy atom. The molecule has 2 heterocycles. The fourth-order valence-corrected chi connectivity index (χ4v) is 6.90. The van der Waals surface area contributed by atoms with Crippen molar-refractivity contribution >= 4 is 23.3 Å². The summed E-state index contributed by atoms with van der Waals surface area (Å²) in [5.74, 6) is 1.34. The number of piperazine rings is 1. The highest BCUT2D eigenvalue weighted by molar-refractivity contribution is 6.31. The molecule has 5 rings (SSSR count). The molecule has 0 atom stereocenters. The van der Waals surface area contributed by atoms with Gasteiger partial charge in [-0.15, -0.1) is 0 Å². The minimum atomic E-state index is -0.330. The van der Waals surface area contributed by atoms with Gasteiger partial charge in [0.25, 0.3) is 5.91 Å². The number of amides is 1. The Morgan fingerprint density at radius 2 is 1.82 bits per heavy atom. The number of hydrogen-bond acceptors (Lipinski definition) is 7. The molecule has 3 fully saturated rings. The van der Waals surface area contributed by atoms with Crippen LogP contribution < -0.4 is 15.0 Å². The summed E-state index contributed by atoms with van der Waals surface area (Å²) in [6.45, 7) is 12.1. The standard InChI is InChI=1S/C29H36ClN5O3/c1-28(2)26(29(3,4)27(28)38-22-7-5-18(16-31)23(30)15-22)33-25(37)19-6-8-24(32-17-19)35-11-9-34(10-12-35)20-13-21(36)14-20/h5-8,15,17,20-21,26-27,36H,9-14H2,1-4H3,(H,33,37)/t20?,21?,26-,27-. The molecule has 1 aromatic carbocycles. The number of nitrogens with one attached hydrogen (secondary N) is 1. The number of aliphatic hydroxyl groups is 1. The summed E-state index contributed by atoms with van der Waals surface area (Å²) in [6.07, 6.45) is 3.13. The Labute approximate surface area is 229 Å². The molecular formula is C29H36ClN5O3. The number of rotatable bonds is 6. The first kappa shape index (κ1) is 26.7. The second-order valence-corrected chi connectivity index (χ2v) is 12.4. The van der Waals surface area contributed by atoms with Crippen molar-refractivity contribution in [1.82, 2.24) is 15.2 Å². The van der Waals surface area contributed by atoms with Crippen LogP contribution in [-0.4, -0.2) is 71.4 Å². The highest BCUT2D eigenvalue weighted by atomic mass is 35.5. The molecule has 2 aromatic rings. The van der Waals surface area contributed by atoms with Crippen LogP contribution in [0.1, 0.15) is 56.5 Å². The third kappa shape index (κ3) is 4.84. The van der Waals surface area contributed by atoms with Gasteiger partial charge in [0.1, 0.15) is 23.7 Å². The number of benzene rings is 1. The first-order valence-corrected chi connectivity index (χ1v) is 13.7. The van der Waals surface area contributed by atoms with E-state index in [1.54, 1.807) is 24.4 Å². The van der Waals surface area contributed by atoms with Crippen molar-refractivity contribution in [3.05, 3.63) is 52.7 Å². The normalized spacial score (nSPS) is 28.0. The number of hydrogen-bond donors (Lipinski definition) is 2. The number of anilines is 1.